The van der Waals surface area contributed by atoms with Crippen molar-refractivity contribution in [3.8, 4) is 11.1 Å². The van der Waals surface area contributed by atoms with E-state index in [0.717, 1.165) is 29.1 Å². The second-order valence-electron chi connectivity index (χ2n) is 8.53. The molecule has 0 radical (unpaired) electrons. The second kappa shape index (κ2) is 10.6. The summed E-state index contributed by atoms with van der Waals surface area (Å²) in [6.45, 7) is 2.25. The third kappa shape index (κ3) is 5.71. The Hall–Kier alpha value is -2.95. The highest BCUT2D eigenvalue weighted by molar-refractivity contribution is 7.97. The van der Waals surface area contributed by atoms with Crippen LogP contribution in [-0.2, 0) is 6.18 Å². The van der Waals surface area contributed by atoms with Crippen LogP contribution in [0.25, 0.3) is 11.1 Å². The van der Waals surface area contributed by atoms with E-state index in [1.54, 1.807) is 44.6 Å². The lowest BCUT2D eigenvalue weighted by molar-refractivity contribution is -0.139. The first kappa shape index (κ1) is 26.1. The quantitative estimate of drug-likeness (QED) is 0.433. The molecule has 1 amide bonds. The van der Waals surface area contributed by atoms with Crippen molar-refractivity contribution in [2.24, 2.45) is 0 Å². The number of alkyl halides is 3. The smallest absolute Gasteiger partial charge is 0.396 e. The molecule has 3 aromatic rings. The molecule has 2 N–H and O–H groups in total. The van der Waals surface area contributed by atoms with Gasteiger partial charge in [-0.1, -0.05) is 29.8 Å². The molecule has 1 aromatic heterocycles. The van der Waals surface area contributed by atoms with Gasteiger partial charge in [-0.2, -0.15) is 13.2 Å². The Bertz CT molecular complexity index is 1260. The molecule has 6 nitrogen and oxygen atoms in total. The summed E-state index contributed by atoms with van der Waals surface area (Å²) < 4.78 is 41.8. The van der Waals surface area contributed by atoms with Crippen LogP contribution in [0.15, 0.2) is 59.6 Å². The molecule has 1 fully saturated rings. The van der Waals surface area contributed by atoms with Gasteiger partial charge in [-0.05, 0) is 47.8 Å². The summed E-state index contributed by atoms with van der Waals surface area (Å²) in [6, 6.07) is 12.6. The Balaban J connectivity index is 1.43. The number of amides is 1. The van der Waals surface area contributed by atoms with Crippen molar-refractivity contribution in [2.75, 3.05) is 50.9 Å². The van der Waals surface area contributed by atoms with Gasteiger partial charge < -0.3 is 15.5 Å². The fraction of sp³-hybridized carbons (Fsp3) is 0.280. The van der Waals surface area contributed by atoms with Crippen molar-refractivity contribution in [3.63, 3.8) is 0 Å². The Morgan fingerprint density at radius 1 is 1.06 bits per heavy atom. The fourth-order valence-corrected chi connectivity index (χ4v) is 5.22. The predicted molar refractivity (Wildman–Crippen MR) is 138 cm³/mol. The average molecular weight is 536 g/mol. The highest BCUT2D eigenvalue weighted by atomic mass is 35.5. The SMILES string of the molecule is CN(C)C(=O)c1ccc(-c2cnc(N3CCN(Sc4ccccc4C(F)(F)F)CC3)c(N)c2)cc1Cl. The van der Waals surface area contributed by atoms with E-state index < -0.39 is 11.7 Å². The molecule has 190 valence electrons. The first-order valence-corrected chi connectivity index (χ1v) is 12.3. The summed E-state index contributed by atoms with van der Waals surface area (Å²) >= 11 is 7.46. The third-order valence-electron chi connectivity index (χ3n) is 5.79. The zero-order chi connectivity index (χ0) is 26.0. The monoisotopic (exact) mass is 535 g/mol. The molecular formula is C25H25ClF3N5OS. The molecular weight excluding hydrogens is 511 g/mol. The number of carbonyl (C=O) groups is 1. The van der Waals surface area contributed by atoms with Crippen molar-refractivity contribution in [1.29, 1.82) is 0 Å². The van der Waals surface area contributed by atoms with E-state index in [0.29, 0.717) is 48.3 Å². The van der Waals surface area contributed by atoms with Gasteiger partial charge in [-0.3, -0.25) is 4.79 Å². The largest absolute Gasteiger partial charge is 0.417 e. The molecule has 1 aliphatic heterocycles. The summed E-state index contributed by atoms with van der Waals surface area (Å²) in [4.78, 5) is 20.5. The minimum absolute atomic E-state index is 0.182. The molecule has 4 rings (SSSR count). The Morgan fingerprint density at radius 2 is 1.75 bits per heavy atom. The van der Waals surface area contributed by atoms with Crippen molar-refractivity contribution >= 4 is 41.0 Å². The number of aromatic nitrogens is 1. The van der Waals surface area contributed by atoms with E-state index >= 15 is 0 Å². The average Bonchev–Trinajstić information content (AvgIpc) is 2.84. The number of hydrogen-bond donors (Lipinski definition) is 1. The van der Waals surface area contributed by atoms with Gasteiger partial charge in [0.15, 0.2) is 5.82 Å². The van der Waals surface area contributed by atoms with Gasteiger partial charge in [0.1, 0.15) is 0 Å². The molecule has 0 saturated carbocycles. The van der Waals surface area contributed by atoms with Gasteiger partial charge >= 0.3 is 6.18 Å². The Morgan fingerprint density at radius 3 is 2.36 bits per heavy atom. The number of halogens is 4. The number of benzene rings is 2. The molecule has 0 spiro atoms. The van der Waals surface area contributed by atoms with Gasteiger partial charge in [-0.15, -0.1) is 0 Å². The molecule has 1 aliphatic rings. The standard InChI is InChI=1S/C25H25ClF3N5OS/c1-32(2)24(35)18-8-7-16(13-20(18)26)17-14-21(30)23(31-15-17)33-9-11-34(12-10-33)36-22-6-4-3-5-19(22)25(27,28)29/h3-8,13-15H,9-12,30H2,1-2H3. The maximum Gasteiger partial charge on any atom is 0.417 e. The zero-order valence-electron chi connectivity index (χ0n) is 19.7. The molecule has 36 heavy (non-hydrogen) atoms. The normalized spacial score (nSPS) is 14.7. The predicted octanol–water partition coefficient (Wildman–Crippen LogP) is 5.53. The number of nitrogens with zero attached hydrogens (tertiary/aromatic N) is 4. The van der Waals surface area contributed by atoms with Gasteiger partial charge in [0.05, 0.1) is 21.8 Å². The molecule has 0 unspecified atom stereocenters. The first-order valence-electron chi connectivity index (χ1n) is 11.2. The number of nitrogens with two attached hydrogens (primary N) is 1. The molecule has 1 saturated heterocycles. The topological polar surface area (TPSA) is 65.7 Å². The maximum absolute atomic E-state index is 13.3. The van der Waals surface area contributed by atoms with E-state index in [9.17, 15) is 18.0 Å². The van der Waals surface area contributed by atoms with E-state index in [-0.39, 0.29) is 10.8 Å². The van der Waals surface area contributed by atoms with Crippen LogP contribution in [0.3, 0.4) is 0 Å². The number of rotatable bonds is 5. The van der Waals surface area contributed by atoms with Crippen molar-refractivity contribution in [1.82, 2.24) is 14.2 Å². The number of anilines is 2. The second-order valence-corrected chi connectivity index (χ2v) is 10.1. The minimum Gasteiger partial charge on any atom is -0.396 e. The summed E-state index contributed by atoms with van der Waals surface area (Å²) in [5.41, 5.74) is 8.15. The number of piperazine rings is 1. The number of hydrogen-bond acceptors (Lipinski definition) is 6. The van der Waals surface area contributed by atoms with Crippen molar-refractivity contribution in [2.45, 2.75) is 11.1 Å². The summed E-state index contributed by atoms with van der Waals surface area (Å²) in [5, 5.41) is 0.342. The van der Waals surface area contributed by atoms with E-state index in [1.807, 2.05) is 15.3 Å². The van der Waals surface area contributed by atoms with E-state index in [4.69, 9.17) is 17.3 Å². The molecule has 0 atom stereocenters. The fourth-order valence-electron chi connectivity index (χ4n) is 3.92. The van der Waals surface area contributed by atoms with Gasteiger partial charge in [0, 0.05) is 56.9 Å². The number of pyridine rings is 1. The van der Waals surface area contributed by atoms with E-state index in [1.165, 1.54) is 17.0 Å². The van der Waals surface area contributed by atoms with E-state index in [2.05, 4.69) is 4.98 Å². The van der Waals surface area contributed by atoms with Gasteiger partial charge in [-0.25, -0.2) is 9.29 Å². The number of nitrogen functional groups attached to an aromatic ring is 1. The van der Waals surface area contributed by atoms with Crippen LogP contribution in [-0.4, -0.2) is 60.4 Å². The highest BCUT2D eigenvalue weighted by Crippen LogP contribution is 2.38. The lowest BCUT2D eigenvalue weighted by Gasteiger charge is -2.35. The van der Waals surface area contributed by atoms with Gasteiger partial charge in [0.25, 0.3) is 5.91 Å². The zero-order valence-corrected chi connectivity index (χ0v) is 21.3. The molecule has 2 aromatic carbocycles. The Kier molecular flexibility index (Phi) is 7.67. The summed E-state index contributed by atoms with van der Waals surface area (Å²) in [5.74, 6) is 0.448. The molecule has 0 aliphatic carbocycles. The minimum atomic E-state index is -4.39. The van der Waals surface area contributed by atoms with Crippen LogP contribution in [0.1, 0.15) is 15.9 Å². The molecule has 2 heterocycles. The van der Waals surface area contributed by atoms with Crippen LogP contribution in [0.5, 0.6) is 0 Å². The maximum atomic E-state index is 13.3. The van der Waals surface area contributed by atoms with Crippen LogP contribution < -0.4 is 10.6 Å². The van der Waals surface area contributed by atoms with Crippen LogP contribution in [0.2, 0.25) is 5.02 Å². The lowest BCUT2D eigenvalue weighted by atomic mass is 10.0. The Labute approximate surface area is 217 Å². The number of carbonyl (C=O) groups excluding carboxylic acids is 1. The third-order valence-corrected chi connectivity index (χ3v) is 7.28. The van der Waals surface area contributed by atoms with Crippen LogP contribution in [0.4, 0.5) is 24.7 Å². The molecule has 0 bridgehead atoms. The highest BCUT2D eigenvalue weighted by Gasteiger charge is 2.34. The summed E-state index contributed by atoms with van der Waals surface area (Å²) in [7, 11) is 3.33. The lowest BCUT2D eigenvalue weighted by Crippen LogP contribution is -2.44. The first-order chi connectivity index (χ1) is 17.0. The van der Waals surface area contributed by atoms with Gasteiger partial charge in [0.2, 0.25) is 0 Å². The van der Waals surface area contributed by atoms with Crippen molar-refractivity contribution < 1.29 is 18.0 Å². The summed E-state index contributed by atoms with van der Waals surface area (Å²) in [6.07, 6.45) is -2.69. The van der Waals surface area contributed by atoms with Crippen LogP contribution in [0, 0.1) is 0 Å². The van der Waals surface area contributed by atoms with Crippen molar-refractivity contribution in [3.05, 3.63) is 70.9 Å². The molecule has 11 heteroatoms. The van der Waals surface area contributed by atoms with Crippen LogP contribution >= 0.6 is 23.5 Å².